The number of halogens is 2. The van der Waals surface area contributed by atoms with Gasteiger partial charge in [-0.25, -0.2) is 9.18 Å². The second-order valence-electron chi connectivity index (χ2n) is 4.03. The summed E-state index contributed by atoms with van der Waals surface area (Å²) in [5, 5.41) is 0.0541. The lowest BCUT2D eigenvalue weighted by molar-refractivity contribution is 0.0600. The number of methoxy groups -OCH3 is 1. The van der Waals surface area contributed by atoms with Crippen molar-refractivity contribution in [3.8, 4) is 0 Å². The minimum absolute atomic E-state index is 0.0541. The molecule has 2 rings (SSSR count). The molecule has 2 aromatic carbocycles. The van der Waals surface area contributed by atoms with Gasteiger partial charge in [-0.3, -0.25) is 0 Å². The lowest BCUT2D eigenvalue weighted by Crippen LogP contribution is -2.03. The third-order valence-corrected chi connectivity index (χ3v) is 4.08. The van der Waals surface area contributed by atoms with E-state index in [0.29, 0.717) is 10.6 Å². The Balaban J connectivity index is 2.21. The Labute approximate surface area is 125 Å². The van der Waals surface area contributed by atoms with Crippen LogP contribution < -0.4 is 0 Å². The highest BCUT2D eigenvalue weighted by Gasteiger charge is 2.15. The van der Waals surface area contributed by atoms with Gasteiger partial charge < -0.3 is 4.74 Å². The van der Waals surface area contributed by atoms with E-state index in [2.05, 4.69) is 4.74 Å². The normalized spacial score (nSPS) is 10.3. The maximum Gasteiger partial charge on any atom is 0.339 e. The van der Waals surface area contributed by atoms with E-state index in [9.17, 15) is 9.18 Å². The fourth-order valence-electron chi connectivity index (χ4n) is 1.64. The van der Waals surface area contributed by atoms with Gasteiger partial charge in [0.15, 0.2) is 0 Å². The van der Waals surface area contributed by atoms with Gasteiger partial charge in [-0.05, 0) is 17.7 Å². The smallest absolute Gasteiger partial charge is 0.339 e. The fourth-order valence-corrected chi connectivity index (χ4v) is 2.78. The standard InChI is InChI=1S/C15H12ClFO2S/c1-19-15(18)11-7-14(13(17)8-12(11)16)20-9-10-5-3-2-4-6-10/h2-8H,9H2,1H3. The van der Waals surface area contributed by atoms with Crippen molar-refractivity contribution in [2.75, 3.05) is 7.11 Å². The minimum Gasteiger partial charge on any atom is -0.465 e. The van der Waals surface area contributed by atoms with Crippen LogP contribution in [0.4, 0.5) is 4.39 Å². The molecule has 0 N–H and O–H groups in total. The number of rotatable bonds is 4. The van der Waals surface area contributed by atoms with Crippen LogP contribution in [-0.4, -0.2) is 13.1 Å². The molecule has 0 heterocycles. The van der Waals surface area contributed by atoms with E-state index in [1.165, 1.54) is 24.9 Å². The highest BCUT2D eigenvalue weighted by molar-refractivity contribution is 7.98. The maximum atomic E-state index is 13.8. The quantitative estimate of drug-likeness (QED) is 0.612. The monoisotopic (exact) mass is 310 g/mol. The first-order chi connectivity index (χ1) is 9.61. The molecule has 5 heteroatoms. The van der Waals surface area contributed by atoms with Gasteiger partial charge in [-0.1, -0.05) is 41.9 Å². The predicted molar refractivity (Wildman–Crippen MR) is 78.8 cm³/mol. The summed E-state index contributed by atoms with van der Waals surface area (Å²) >= 11 is 7.15. The fraction of sp³-hybridized carbons (Fsp3) is 0.133. The first-order valence-corrected chi connectivity index (χ1v) is 7.22. The molecule has 2 nitrogen and oxygen atoms in total. The molecule has 0 radical (unpaired) electrons. The zero-order valence-electron chi connectivity index (χ0n) is 10.7. The predicted octanol–water partition coefficient (Wildman–Crippen LogP) is 4.56. The van der Waals surface area contributed by atoms with Crippen molar-refractivity contribution >= 4 is 29.3 Å². The van der Waals surface area contributed by atoms with E-state index < -0.39 is 11.8 Å². The van der Waals surface area contributed by atoms with Gasteiger partial charge >= 0.3 is 5.97 Å². The summed E-state index contributed by atoms with van der Waals surface area (Å²) in [6, 6.07) is 12.3. The van der Waals surface area contributed by atoms with Crippen LogP contribution in [0.3, 0.4) is 0 Å². The number of ether oxygens (including phenoxy) is 1. The molecule has 0 bridgehead atoms. The van der Waals surface area contributed by atoms with Crippen molar-refractivity contribution in [3.63, 3.8) is 0 Å². The molecular formula is C15H12ClFO2S. The average molecular weight is 311 g/mol. The topological polar surface area (TPSA) is 26.3 Å². The molecule has 0 saturated heterocycles. The van der Waals surface area contributed by atoms with E-state index >= 15 is 0 Å². The number of carbonyl (C=O) groups is 1. The molecule has 0 saturated carbocycles. The zero-order chi connectivity index (χ0) is 14.5. The van der Waals surface area contributed by atoms with Crippen LogP contribution in [0.25, 0.3) is 0 Å². The molecule has 2 aromatic rings. The van der Waals surface area contributed by atoms with Crippen molar-refractivity contribution in [1.29, 1.82) is 0 Å². The Hall–Kier alpha value is -1.52. The summed E-state index contributed by atoms with van der Waals surface area (Å²) in [5.74, 6) is -0.403. The summed E-state index contributed by atoms with van der Waals surface area (Å²) in [7, 11) is 1.26. The third-order valence-electron chi connectivity index (χ3n) is 2.66. The molecule has 20 heavy (non-hydrogen) atoms. The van der Waals surface area contributed by atoms with Gasteiger partial charge in [0.1, 0.15) is 5.82 Å². The molecule has 104 valence electrons. The molecular weight excluding hydrogens is 299 g/mol. The average Bonchev–Trinajstić information content (AvgIpc) is 2.46. The van der Waals surface area contributed by atoms with Gasteiger partial charge in [0.2, 0.25) is 0 Å². The number of hydrogen-bond donors (Lipinski definition) is 0. The Morgan fingerprint density at radius 3 is 2.65 bits per heavy atom. The molecule has 0 amide bonds. The number of esters is 1. The van der Waals surface area contributed by atoms with Gasteiger partial charge in [-0.15, -0.1) is 11.8 Å². The van der Waals surface area contributed by atoms with Gasteiger partial charge in [0.25, 0.3) is 0 Å². The van der Waals surface area contributed by atoms with Crippen LogP contribution in [0.5, 0.6) is 0 Å². The lowest BCUT2D eigenvalue weighted by atomic mass is 10.2. The van der Waals surface area contributed by atoms with Crippen molar-refractivity contribution in [3.05, 3.63) is 64.4 Å². The van der Waals surface area contributed by atoms with E-state index in [-0.39, 0.29) is 10.6 Å². The van der Waals surface area contributed by atoms with Crippen LogP contribution in [-0.2, 0) is 10.5 Å². The Morgan fingerprint density at radius 1 is 1.30 bits per heavy atom. The van der Waals surface area contributed by atoms with Gasteiger partial charge in [0, 0.05) is 10.6 Å². The summed E-state index contributed by atoms with van der Waals surface area (Å²) in [6.45, 7) is 0. The highest BCUT2D eigenvalue weighted by Crippen LogP contribution is 2.30. The van der Waals surface area contributed by atoms with Gasteiger partial charge in [-0.2, -0.15) is 0 Å². The summed E-state index contributed by atoms with van der Waals surface area (Å²) in [5.41, 5.74) is 1.25. The first kappa shape index (κ1) is 14.9. The van der Waals surface area contributed by atoms with Crippen LogP contribution >= 0.6 is 23.4 Å². The first-order valence-electron chi connectivity index (χ1n) is 5.86. The Kier molecular flexibility index (Phi) is 5.04. The zero-order valence-corrected chi connectivity index (χ0v) is 12.3. The molecule has 0 atom stereocenters. The molecule has 0 aliphatic heterocycles. The minimum atomic E-state index is -0.573. The largest absolute Gasteiger partial charge is 0.465 e. The summed E-state index contributed by atoms with van der Waals surface area (Å²) in [4.78, 5) is 11.9. The molecule has 0 aliphatic rings. The molecule has 0 spiro atoms. The van der Waals surface area contributed by atoms with Crippen LogP contribution in [0.1, 0.15) is 15.9 Å². The van der Waals surface area contributed by atoms with Crippen molar-refractivity contribution < 1.29 is 13.9 Å². The second kappa shape index (κ2) is 6.77. The summed E-state index contributed by atoms with van der Waals surface area (Å²) in [6.07, 6.45) is 0. The number of hydrogen-bond acceptors (Lipinski definition) is 3. The number of carbonyl (C=O) groups excluding carboxylic acids is 1. The van der Waals surface area contributed by atoms with Crippen LogP contribution in [0, 0.1) is 5.82 Å². The van der Waals surface area contributed by atoms with Gasteiger partial charge in [0.05, 0.1) is 17.7 Å². The molecule has 0 unspecified atom stereocenters. The van der Waals surface area contributed by atoms with Crippen LogP contribution in [0.15, 0.2) is 47.4 Å². The van der Waals surface area contributed by atoms with Crippen molar-refractivity contribution in [2.24, 2.45) is 0 Å². The van der Waals surface area contributed by atoms with Crippen molar-refractivity contribution in [1.82, 2.24) is 0 Å². The van der Waals surface area contributed by atoms with Crippen LogP contribution in [0.2, 0.25) is 5.02 Å². The van der Waals surface area contributed by atoms with E-state index in [4.69, 9.17) is 11.6 Å². The Bertz CT molecular complexity index is 617. The van der Waals surface area contributed by atoms with E-state index in [1.807, 2.05) is 30.3 Å². The third kappa shape index (κ3) is 3.52. The SMILES string of the molecule is COC(=O)c1cc(SCc2ccccc2)c(F)cc1Cl. The van der Waals surface area contributed by atoms with E-state index in [0.717, 1.165) is 11.6 Å². The molecule has 0 aliphatic carbocycles. The lowest BCUT2D eigenvalue weighted by Gasteiger charge is -2.08. The highest BCUT2D eigenvalue weighted by atomic mass is 35.5. The summed E-state index contributed by atoms with van der Waals surface area (Å²) < 4.78 is 18.5. The molecule has 0 fully saturated rings. The second-order valence-corrected chi connectivity index (χ2v) is 5.45. The van der Waals surface area contributed by atoms with Crippen molar-refractivity contribution in [2.45, 2.75) is 10.6 Å². The number of benzene rings is 2. The number of thioether (sulfide) groups is 1. The Morgan fingerprint density at radius 2 is 2.00 bits per heavy atom. The molecule has 0 aromatic heterocycles. The van der Waals surface area contributed by atoms with E-state index in [1.54, 1.807) is 0 Å². The maximum absolute atomic E-state index is 13.8.